The Labute approximate surface area is 154 Å². The number of rotatable bonds is 18. The van der Waals surface area contributed by atoms with Gasteiger partial charge in [0.2, 0.25) is 0 Å². The molecule has 0 rings (SSSR count). The smallest absolute Gasteiger partial charge is 0.308 e. The maximum Gasteiger partial charge on any atom is 0.308 e. The Hall–Kier alpha value is -0.850. The van der Waals surface area contributed by atoms with Gasteiger partial charge in [0, 0.05) is 6.61 Å². The minimum atomic E-state index is -0.491. The van der Waals surface area contributed by atoms with Crippen molar-refractivity contribution in [3.8, 4) is 0 Å². The fourth-order valence-corrected chi connectivity index (χ4v) is 1.31. The van der Waals surface area contributed by atoms with Crippen molar-refractivity contribution in [2.75, 3.05) is 60.8 Å². The molecule has 0 aliphatic heterocycles. The summed E-state index contributed by atoms with van der Waals surface area (Å²) in [5, 5.41) is 0. The standard InChI is InChI=1S/C16H32O10/c1-5-18-8-20-10-22-12-24-14-25-13-23-11-21-9-19-7-6-15(17)26-16(2,3)4/h5-14H2,1-4H3. The first-order valence-corrected chi connectivity index (χ1v) is 8.29. The number of carbonyl (C=O) groups is 1. The summed E-state index contributed by atoms with van der Waals surface area (Å²) < 4.78 is 45.2. The van der Waals surface area contributed by atoms with Crippen LogP contribution in [0.15, 0.2) is 0 Å². The minimum Gasteiger partial charge on any atom is -0.460 e. The molecule has 0 spiro atoms. The lowest BCUT2D eigenvalue weighted by molar-refractivity contribution is -0.221. The lowest BCUT2D eigenvalue weighted by Gasteiger charge is -2.19. The number of esters is 1. The molecule has 0 fully saturated rings. The summed E-state index contributed by atoms with van der Waals surface area (Å²) in [6.45, 7) is 8.43. The fraction of sp³-hybridized carbons (Fsp3) is 0.938. The molecule has 0 heterocycles. The van der Waals surface area contributed by atoms with Gasteiger partial charge >= 0.3 is 5.97 Å². The van der Waals surface area contributed by atoms with Gasteiger partial charge in [-0.25, -0.2) is 0 Å². The first-order valence-electron chi connectivity index (χ1n) is 8.29. The highest BCUT2D eigenvalue weighted by Gasteiger charge is 2.15. The Morgan fingerprint density at radius 3 is 1.42 bits per heavy atom. The first kappa shape index (κ1) is 25.1. The quantitative estimate of drug-likeness (QED) is 0.197. The van der Waals surface area contributed by atoms with E-state index in [2.05, 4.69) is 0 Å². The zero-order valence-electron chi connectivity index (χ0n) is 16.2. The summed E-state index contributed by atoms with van der Waals surface area (Å²) in [5.74, 6) is -0.313. The Balaban J connectivity index is 3.12. The molecule has 0 aliphatic carbocycles. The van der Waals surface area contributed by atoms with Gasteiger partial charge in [-0.3, -0.25) is 4.79 Å². The molecule has 26 heavy (non-hydrogen) atoms. The first-order chi connectivity index (χ1) is 12.5. The van der Waals surface area contributed by atoms with Crippen molar-refractivity contribution in [1.82, 2.24) is 0 Å². The summed E-state index contributed by atoms with van der Waals surface area (Å²) >= 11 is 0. The fourth-order valence-electron chi connectivity index (χ4n) is 1.31. The van der Waals surface area contributed by atoms with Crippen molar-refractivity contribution in [3.05, 3.63) is 0 Å². The van der Waals surface area contributed by atoms with E-state index in [0.717, 1.165) is 0 Å². The molecule has 0 aromatic rings. The van der Waals surface area contributed by atoms with Gasteiger partial charge < -0.3 is 42.6 Å². The van der Waals surface area contributed by atoms with Gasteiger partial charge in [0.25, 0.3) is 0 Å². The molecule has 0 bridgehead atoms. The summed E-state index contributed by atoms with van der Waals surface area (Å²) in [4.78, 5) is 11.4. The van der Waals surface area contributed by atoms with E-state index in [0.29, 0.717) is 6.61 Å². The largest absolute Gasteiger partial charge is 0.460 e. The van der Waals surface area contributed by atoms with E-state index in [-0.39, 0.29) is 66.5 Å². The molecule has 0 saturated carbocycles. The monoisotopic (exact) mass is 384 g/mol. The van der Waals surface area contributed by atoms with E-state index in [4.69, 9.17) is 42.6 Å². The molecule has 10 nitrogen and oxygen atoms in total. The highest BCUT2D eigenvalue weighted by atomic mass is 16.8. The van der Waals surface area contributed by atoms with E-state index in [1.807, 2.05) is 27.7 Å². The second-order valence-corrected chi connectivity index (χ2v) is 5.79. The third-order valence-electron chi connectivity index (χ3n) is 2.24. The van der Waals surface area contributed by atoms with Gasteiger partial charge in [-0.15, -0.1) is 0 Å². The molecule has 156 valence electrons. The Kier molecular flexibility index (Phi) is 17.0. The Morgan fingerprint density at radius 1 is 0.654 bits per heavy atom. The van der Waals surface area contributed by atoms with Crippen molar-refractivity contribution in [2.24, 2.45) is 0 Å². The molecule has 0 aromatic carbocycles. The van der Waals surface area contributed by atoms with E-state index in [1.165, 1.54) is 0 Å². The highest BCUT2D eigenvalue weighted by Crippen LogP contribution is 2.07. The maximum absolute atomic E-state index is 11.4. The molecule has 0 unspecified atom stereocenters. The van der Waals surface area contributed by atoms with Crippen LogP contribution >= 0.6 is 0 Å². The van der Waals surface area contributed by atoms with Gasteiger partial charge in [0.1, 0.15) is 19.2 Å². The Morgan fingerprint density at radius 2 is 1.04 bits per heavy atom. The predicted octanol–water partition coefficient (Wildman–Crippen LogP) is 1.57. The van der Waals surface area contributed by atoms with E-state index >= 15 is 0 Å². The summed E-state index contributed by atoms with van der Waals surface area (Å²) in [6.07, 6.45) is 0.167. The van der Waals surface area contributed by atoms with Crippen LogP contribution in [0.3, 0.4) is 0 Å². The van der Waals surface area contributed by atoms with Crippen LogP contribution in [0.5, 0.6) is 0 Å². The van der Waals surface area contributed by atoms with Gasteiger partial charge in [0.05, 0.1) is 13.0 Å². The van der Waals surface area contributed by atoms with Gasteiger partial charge in [-0.1, -0.05) is 0 Å². The van der Waals surface area contributed by atoms with Crippen molar-refractivity contribution in [1.29, 1.82) is 0 Å². The molecule has 0 saturated heterocycles. The molecule has 0 atom stereocenters. The Bertz CT molecular complexity index is 319. The molecule has 0 amide bonds. The zero-order valence-corrected chi connectivity index (χ0v) is 16.2. The van der Waals surface area contributed by atoms with Crippen molar-refractivity contribution in [2.45, 2.75) is 39.7 Å². The topological polar surface area (TPSA) is 100 Å². The van der Waals surface area contributed by atoms with Crippen LogP contribution in [0.25, 0.3) is 0 Å². The van der Waals surface area contributed by atoms with Crippen molar-refractivity contribution < 1.29 is 47.4 Å². The SMILES string of the molecule is CCOCOCOCOCOCOCOCOCCC(=O)OC(C)(C)C. The van der Waals surface area contributed by atoms with Crippen LogP contribution < -0.4 is 0 Å². The predicted molar refractivity (Wildman–Crippen MR) is 88.6 cm³/mol. The average Bonchev–Trinajstić information content (AvgIpc) is 2.56. The summed E-state index contributed by atoms with van der Waals surface area (Å²) in [7, 11) is 0. The van der Waals surface area contributed by atoms with Gasteiger partial charge in [0.15, 0.2) is 34.0 Å². The molecule has 0 N–H and O–H groups in total. The van der Waals surface area contributed by atoms with E-state index < -0.39 is 5.60 Å². The summed E-state index contributed by atoms with van der Waals surface area (Å²) in [5.41, 5.74) is -0.491. The zero-order chi connectivity index (χ0) is 19.5. The lowest BCUT2D eigenvalue weighted by Crippen LogP contribution is -2.24. The minimum absolute atomic E-state index is 0.00124. The van der Waals surface area contributed by atoms with Crippen LogP contribution in [-0.4, -0.2) is 72.3 Å². The van der Waals surface area contributed by atoms with E-state index in [9.17, 15) is 4.79 Å². The van der Waals surface area contributed by atoms with Crippen LogP contribution in [0.2, 0.25) is 0 Å². The van der Waals surface area contributed by atoms with E-state index in [1.54, 1.807) is 0 Å². The molecule has 0 radical (unpaired) electrons. The molecule has 0 aromatic heterocycles. The summed E-state index contributed by atoms with van der Waals surface area (Å²) in [6, 6.07) is 0. The second-order valence-electron chi connectivity index (χ2n) is 5.79. The average molecular weight is 384 g/mol. The third-order valence-corrected chi connectivity index (χ3v) is 2.24. The van der Waals surface area contributed by atoms with Gasteiger partial charge in [-0.2, -0.15) is 0 Å². The maximum atomic E-state index is 11.4. The lowest BCUT2D eigenvalue weighted by atomic mass is 10.2. The normalized spacial score (nSPS) is 11.7. The molecular weight excluding hydrogens is 352 g/mol. The van der Waals surface area contributed by atoms with Crippen LogP contribution in [0.4, 0.5) is 0 Å². The van der Waals surface area contributed by atoms with Crippen LogP contribution in [0.1, 0.15) is 34.1 Å². The number of ether oxygens (including phenoxy) is 9. The third kappa shape index (κ3) is 21.2. The van der Waals surface area contributed by atoms with Crippen molar-refractivity contribution >= 4 is 5.97 Å². The van der Waals surface area contributed by atoms with Crippen LogP contribution in [0, 0.1) is 0 Å². The number of hydrogen-bond donors (Lipinski definition) is 0. The molecule has 0 aliphatic rings. The number of hydrogen-bond acceptors (Lipinski definition) is 10. The van der Waals surface area contributed by atoms with Crippen LogP contribution in [-0.2, 0) is 47.4 Å². The number of carbonyl (C=O) groups excluding carboxylic acids is 1. The molecular formula is C16H32O10. The second kappa shape index (κ2) is 17.6. The van der Waals surface area contributed by atoms with Crippen molar-refractivity contribution in [3.63, 3.8) is 0 Å². The van der Waals surface area contributed by atoms with Gasteiger partial charge in [-0.05, 0) is 27.7 Å². The molecule has 10 heteroatoms. The highest BCUT2D eigenvalue weighted by molar-refractivity contribution is 5.69.